The molecule has 3 nitrogen and oxygen atoms in total. The van der Waals surface area contributed by atoms with Crippen molar-refractivity contribution in [1.29, 1.82) is 0 Å². The van der Waals surface area contributed by atoms with E-state index in [1.807, 2.05) is 6.92 Å². The van der Waals surface area contributed by atoms with Gasteiger partial charge in [0.15, 0.2) is 0 Å². The number of hydrogen-bond donors (Lipinski definition) is 1. The predicted molar refractivity (Wildman–Crippen MR) is 83.9 cm³/mol. The fourth-order valence-electron chi connectivity index (χ4n) is 2.67. The molecule has 0 bridgehead atoms. The van der Waals surface area contributed by atoms with Crippen molar-refractivity contribution in [3.05, 3.63) is 42.0 Å². The minimum atomic E-state index is 0. The topological polar surface area (TPSA) is 30.5 Å². The van der Waals surface area contributed by atoms with Crippen LogP contribution in [0.3, 0.4) is 0 Å². The van der Waals surface area contributed by atoms with E-state index in [0.717, 1.165) is 18.9 Å². The fraction of sp³-hybridized carbons (Fsp3) is 0.375. The Bertz CT molecular complexity index is 567. The maximum atomic E-state index is 5.80. The summed E-state index contributed by atoms with van der Waals surface area (Å²) in [6.45, 7) is 5.07. The van der Waals surface area contributed by atoms with Crippen molar-refractivity contribution >= 4 is 23.2 Å². The van der Waals surface area contributed by atoms with Crippen molar-refractivity contribution in [2.75, 3.05) is 26.4 Å². The van der Waals surface area contributed by atoms with Crippen LogP contribution >= 0.6 is 12.4 Å². The Labute approximate surface area is 125 Å². The molecule has 20 heavy (non-hydrogen) atoms. The van der Waals surface area contributed by atoms with E-state index in [9.17, 15) is 0 Å². The molecule has 0 amide bonds. The Balaban J connectivity index is 0.00000147. The van der Waals surface area contributed by atoms with Gasteiger partial charge in [0.2, 0.25) is 0 Å². The summed E-state index contributed by atoms with van der Waals surface area (Å²) in [5, 5.41) is 6.01. The van der Waals surface area contributed by atoms with Gasteiger partial charge in [-0.3, -0.25) is 0 Å². The molecular weight excluding hydrogens is 274 g/mol. The molecule has 3 rings (SSSR count). The van der Waals surface area contributed by atoms with Gasteiger partial charge in [-0.25, -0.2) is 0 Å². The van der Waals surface area contributed by atoms with Crippen molar-refractivity contribution in [2.24, 2.45) is 0 Å². The Kier molecular flexibility index (Phi) is 5.24. The third-order valence-corrected chi connectivity index (χ3v) is 3.50. The van der Waals surface area contributed by atoms with Crippen molar-refractivity contribution in [3.8, 4) is 5.75 Å². The number of fused-ring (bicyclic) bond motifs is 1. The lowest BCUT2D eigenvalue weighted by molar-refractivity contribution is 0.0763. The largest absolute Gasteiger partial charge is 0.494 e. The van der Waals surface area contributed by atoms with Gasteiger partial charge in [-0.2, -0.15) is 0 Å². The monoisotopic (exact) mass is 293 g/mol. The average molecular weight is 294 g/mol. The molecule has 2 aromatic rings. The van der Waals surface area contributed by atoms with Crippen LogP contribution in [0.4, 0.5) is 0 Å². The van der Waals surface area contributed by atoms with E-state index in [2.05, 4.69) is 41.7 Å². The van der Waals surface area contributed by atoms with Crippen molar-refractivity contribution in [3.63, 3.8) is 0 Å². The van der Waals surface area contributed by atoms with Crippen molar-refractivity contribution in [1.82, 2.24) is 5.32 Å². The zero-order valence-electron chi connectivity index (χ0n) is 11.6. The van der Waals surface area contributed by atoms with Crippen molar-refractivity contribution in [2.45, 2.75) is 13.0 Å². The number of rotatable bonds is 3. The smallest absolute Gasteiger partial charge is 0.124 e. The van der Waals surface area contributed by atoms with Crippen LogP contribution in [0.2, 0.25) is 0 Å². The van der Waals surface area contributed by atoms with Gasteiger partial charge < -0.3 is 14.8 Å². The molecule has 0 aliphatic carbocycles. The summed E-state index contributed by atoms with van der Waals surface area (Å²) in [6, 6.07) is 12.8. The lowest BCUT2D eigenvalue weighted by atomic mass is 9.97. The van der Waals surface area contributed by atoms with E-state index in [1.54, 1.807) is 0 Å². The lowest BCUT2D eigenvalue weighted by Crippen LogP contribution is -2.34. The average Bonchev–Trinajstić information content (AvgIpc) is 2.48. The molecule has 1 saturated heterocycles. The van der Waals surface area contributed by atoms with Crippen LogP contribution in [0.25, 0.3) is 10.8 Å². The maximum absolute atomic E-state index is 5.80. The Morgan fingerprint density at radius 1 is 1.25 bits per heavy atom. The normalized spacial score (nSPS) is 18.6. The molecule has 1 atom stereocenters. The molecule has 1 aliphatic heterocycles. The molecule has 2 aromatic carbocycles. The van der Waals surface area contributed by atoms with E-state index < -0.39 is 0 Å². The van der Waals surface area contributed by atoms with Crippen LogP contribution in [-0.4, -0.2) is 26.4 Å². The van der Waals surface area contributed by atoms with E-state index in [0.29, 0.717) is 13.2 Å². The first-order valence-corrected chi connectivity index (χ1v) is 6.85. The number of hydrogen-bond acceptors (Lipinski definition) is 3. The quantitative estimate of drug-likeness (QED) is 0.942. The second kappa shape index (κ2) is 6.93. The van der Waals surface area contributed by atoms with Crippen LogP contribution in [0.15, 0.2) is 36.4 Å². The fourth-order valence-corrected chi connectivity index (χ4v) is 2.67. The zero-order chi connectivity index (χ0) is 13.1. The summed E-state index contributed by atoms with van der Waals surface area (Å²) in [6.07, 6.45) is 0. The van der Waals surface area contributed by atoms with Gasteiger partial charge in [0, 0.05) is 12.1 Å². The highest BCUT2D eigenvalue weighted by Gasteiger charge is 2.21. The van der Waals surface area contributed by atoms with Crippen LogP contribution in [0.1, 0.15) is 18.5 Å². The molecule has 1 N–H and O–H groups in total. The number of ether oxygens (including phenoxy) is 2. The SMILES string of the molecule is CCOc1ccc2ccccc2c1[C@@H]1COCCN1.Cl. The third-order valence-electron chi connectivity index (χ3n) is 3.50. The number of nitrogens with one attached hydrogen (secondary N) is 1. The van der Waals surface area contributed by atoms with Crippen LogP contribution < -0.4 is 10.1 Å². The highest BCUT2D eigenvalue weighted by molar-refractivity contribution is 5.88. The maximum Gasteiger partial charge on any atom is 0.124 e. The summed E-state index contributed by atoms with van der Waals surface area (Å²) in [5.74, 6) is 0.962. The molecule has 0 unspecified atom stereocenters. The van der Waals surface area contributed by atoms with Crippen LogP contribution in [-0.2, 0) is 4.74 Å². The molecule has 0 aromatic heterocycles. The Morgan fingerprint density at radius 3 is 2.85 bits per heavy atom. The standard InChI is InChI=1S/C16H19NO2.ClH/c1-2-19-15-8-7-12-5-3-4-6-13(12)16(15)14-11-18-10-9-17-14;/h3-8,14,17H,2,9-11H2,1H3;1H/t14-;/m0./s1. The summed E-state index contributed by atoms with van der Waals surface area (Å²) in [7, 11) is 0. The van der Waals surface area contributed by atoms with Gasteiger partial charge in [0.25, 0.3) is 0 Å². The first kappa shape index (κ1) is 15.1. The predicted octanol–water partition coefficient (Wildman–Crippen LogP) is 3.32. The summed E-state index contributed by atoms with van der Waals surface area (Å²) in [4.78, 5) is 0. The molecule has 1 heterocycles. The number of benzene rings is 2. The second-order valence-corrected chi connectivity index (χ2v) is 4.71. The number of morpholine rings is 1. The van der Waals surface area contributed by atoms with E-state index in [1.165, 1.54) is 16.3 Å². The molecule has 108 valence electrons. The van der Waals surface area contributed by atoms with Crippen molar-refractivity contribution < 1.29 is 9.47 Å². The number of halogens is 1. The van der Waals surface area contributed by atoms with E-state index in [-0.39, 0.29) is 18.4 Å². The summed E-state index contributed by atoms with van der Waals surface area (Å²) < 4.78 is 11.4. The third kappa shape index (κ3) is 2.90. The molecule has 0 radical (unpaired) electrons. The van der Waals surface area contributed by atoms with Gasteiger partial charge in [-0.05, 0) is 23.8 Å². The molecule has 0 saturated carbocycles. The van der Waals surface area contributed by atoms with E-state index >= 15 is 0 Å². The second-order valence-electron chi connectivity index (χ2n) is 4.71. The summed E-state index contributed by atoms with van der Waals surface area (Å²) >= 11 is 0. The van der Waals surface area contributed by atoms with Crippen LogP contribution in [0, 0.1) is 0 Å². The first-order chi connectivity index (χ1) is 9.40. The molecular formula is C16H20ClNO2. The molecule has 4 heteroatoms. The van der Waals surface area contributed by atoms with Gasteiger partial charge >= 0.3 is 0 Å². The highest BCUT2D eigenvalue weighted by Crippen LogP contribution is 2.34. The molecule has 1 fully saturated rings. The van der Waals surface area contributed by atoms with Crippen LogP contribution in [0.5, 0.6) is 5.75 Å². The Hall–Kier alpha value is -1.29. The van der Waals surface area contributed by atoms with Gasteiger partial charge in [-0.15, -0.1) is 12.4 Å². The molecule has 0 spiro atoms. The van der Waals surface area contributed by atoms with Gasteiger partial charge in [0.05, 0.1) is 25.9 Å². The highest BCUT2D eigenvalue weighted by atomic mass is 35.5. The van der Waals surface area contributed by atoms with E-state index in [4.69, 9.17) is 9.47 Å². The van der Waals surface area contributed by atoms with Gasteiger partial charge in [-0.1, -0.05) is 30.3 Å². The Morgan fingerprint density at radius 2 is 2.10 bits per heavy atom. The van der Waals surface area contributed by atoms with Gasteiger partial charge in [0.1, 0.15) is 5.75 Å². The zero-order valence-corrected chi connectivity index (χ0v) is 12.4. The first-order valence-electron chi connectivity index (χ1n) is 6.85. The summed E-state index contributed by atoms with van der Waals surface area (Å²) in [5.41, 5.74) is 1.22. The lowest BCUT2D eigenvalue weighted by Gasteiger charge is -2.27. The molecule has 1 aliphatic rings. The minimum Gasteiger partial charge on any atom is -0.494 e. The minimum absolute atomic E-state index is 0.